The second kappa shape index (κ2) is 4.34. The van der Waals surface area contributed by atoms with Gasteiger partial charge in [0.25, 0.3) is 0 Å². The van der Waals surface area contributed by atoms with Gasteiger partial charge in [0.2, 0.25) is 5.91 Å². The van der Waals surface area contributed by atoms with Crippen molar-refractivity contribution in [3.05, 3.63) is 29.8 Å². The lowest BCUT2D eigenvalue weighted by molar-refractivity contribution is -0.116. The average molecular weight is 250 g/mol. The van der Waals surface area contributed by atoms with Gasteiger partial charge in [-0.2, -0.15) is 0 Å². The van der Waals surface area contributed by atoms with E-state index in [1.165, 1.54) is 24.8 Å². The van der Waals surface area contributed by atoms with E-state index in [1.807, 2.05) is 11.0 Å². The van der Waals surface area contributed by atoms with Crippen LogP contribution in [-0.4, -0.2) is 17.8 Å². The van der Waals surface area contributed by atoms with Gasteiger partial charge in [0.05, 0.1) is 0 Å². The third kappa shape index (κ3) is 1.66. The first-order chi connectivity index (χ1) is 8.33. The van der Waals surface area contributed by atoms with Crippen molar-refractivity contribution in [3.63, 3.8) is 0 Å². The maximum Gasteiger partial charge on any atom is 0.242 e. The van der Waals surface area contributed by atoms with E-state index in [-0.39, 0.29) is 11.8 Å². The van der Waals surface area contributed by atoms with E-state index in [0.29, 0.717) is 12.0 Å². The molecule has 1 aromatic carbocycles. The Labute approximate surface area is 107 Å². The zero-order valence-electron chi connectivity index (χ0n) is 9.73. The van der Waals surface area contributed by atoms with E-state index in [2.05, 4.69) is 18.2 Å². The Morgan fingerprint density at radius 1 is 1.29 bits per heavy atom. The van der Waals surface area contributed by atoms with Crippen LogP contribution in [0.1, 0.15) is 37.2 Å². The van der Waals surface area contributed by atoms with Gasteiger partial charge in [-0.15, -0.1) is 11.6 Å². The van der Waals surface area contributed by atoms with Crippen LogP contribution < -0.4 is 4.90 Å². The molecular weight excluding hydrogens is 234 g/mol. The molecule has 1 amide bonds. The summed E-state index contributed by atoms with van der Waals surface area (Å²) in [5.74, 6) is 0.665. The van der Waals surface area contributed by atoms with Gasteiger partial charge in [0.15, 0.2) is 0 Å². The third-order valence-electron chi connectivity index (χ3n) is 4.04. The third-order valence-corrected chi connectivity index (χ3v) is 4.27. The lowest BCUT2D eigenvalue weighted by Crippen LogP contribution is -2.41. The van der Waals surface area contributed by atoms with Crippen LogP contribution in [0.2, 0.25) is 0 Å². The Morgan fingerprint density at radius 3 is 2.88 bits per heavy atom. The maximum absolute atomic E-state index is 12.0. The van der Waals surface area contributed by atoms with Crippen LogP contribution in [0.4, 0.5) is 5.69 Å². The van der Waals surface area contributed by atoms with Crippen molar-refractivity contribution in [1.82, 2.24) is 0 Å². The molecule has 0 spiro atoms. The minimum Gasteiger partial charge on any atom is -0.307 e. The minimum atomic E-state index is 0.0496. The molecule has 1 aliphatic carbocycles. The normalized spacial score (nSPS) is 26.5. The van der Waals surface area contributed by atoms with Crippen molar-refractivity contribution in [2.24, 2.45) is 0 Å². The number of hydrogen-bond donors (Lipinski definition) is 0. The number of halogens is 1. The Bertz CT molecular complexity index is 446. The summed E-state index contributed by atoms with van der Waals surface area (Å²) >= 11 is 5.74. The van der Waals surface area contributed by atoms with E-state index in [0.717, 1.165) is 12.1 Å². The summed E-state index contributed by atoms with van der Waals surface area (Å²) in [4.78, 5) is 14.0. The fraction of sp³-hybridized carbons (Fsp3) is 0.500. The molecule has 1 saturated carbocycles. The fourth-order valence-corrected chi connectivity index (χ4v) is 3.49. The number of rotatable bonds is 1. The van der Waals surface area contributed by atoms with Crippen molar-refractivity contribution in [1.29, 1.82) is 0 Å². The highest BCUT2D eigenvalue weighted by molar-refractivity contribution is 6.29. The van der Waals surface area contributed by atoms with Crippen molar-refractivity contribution in [2.75, 3.05) is 10.8 Å². The molecule has 2 atom stereocenters. The number of fused-ring (bicyclic) bond motifs is 3. The van der Waals surface area contributed by atoms with Gasteiger partial charge in [-0.05, 0) is 24.5 Å². The highest BCUT2D eigenvalue weighted by Gasteiger charge is 2.41. The number of carbonyl (C=O) groups excluding carboxylic acids is 1. The first kappa shape index (κ1) is 11.1. The Morgan fingerprint density at radius 2 is 2.06 bits per heavy atom. The smallest absolute Gasteiger partial charge is 0.242 e. The number of benzene rings is 1. The van der Waals surface area contributed by atoms with Gasteiger partial charge < -0.3 is 4.90 Å². The van der Waals surface area contributed by atoms with Gasteiger partial charge in [-0.3, -0.25) is 4.79 Å². The summed E-state index contributed by atoms with van der Waals surface area (Å²) in [5.41, 5.74) is 2.44. The molecule has 3 heteroatoms. The number of alkyl halides is 1. The van der Waals surface area contributed by atoms with Gasteiger partial charge in [-0.25, -0.2) is 0 Å². The lowest BCUT2D eigenvalue weighted by atomic mass is 9.82. The summed E-state index contributed by atoms with van der Waals surface area (Å²) in [7, 11) is 0. The summed E-state index contributed by atoms with van der Waals surface area (Å²) in [6.45, 7) is 0. The summed E-state index contributed by atoms with van der Waals surface area (Å²) in [6.07, 6.45) is 4.81. The summed E-state index contributed by atoms with van der Waals surface area (Å²) < 4.78 is 0. The zero-order valence-corrected chi connectivity index (χ0v) is 10.5. The van der Waals surface area contributed by atoms with E-state index >= 15 is 0 Å². The monoisotopic (exact) mass is 249 g/mol. The molecular formula is C14H16ClNO. The maximum atomic E-state index is 12.0. The van der Waals surface area contributed by atoms with Crippen molar-refractivity contribution in [3.8, 4) is 0 Å². The van der Waals surface area contributed by atoms with Gasteiger partial charge >= 0.3 is 0 Å². The molecule has 3 rings (SSSR count). The van der Waals surface area contributed by atoms with Crippen molar-refractivity contribution >= 4 is 23.2 Å². The number of carbonyl (C=O) groups is 1. The molecule has 0 saturated heterocycles. The summed E-state index contributed by atoms with van der Waals surface area (Å²) in [6, 6.07) is 8.65. The predicted octanol–water partition coefficient (Wildman–Crippen LogP) is 3.30. The Hall–Kier alpha value is -1.02. The number of hydrogen-bond acceptors (Lipinski definition) is 1. The average Bonchev–Trinajstić information content (AvgIpc) is 2.72. The first-order valence-electron chi connectivity index (χ1n) is 6.30. The van der Waals surface area contributed by atoms with Gasteiger partial charge in [-0.1, -0.05) is 31.0 Å². The minimum absolute atomic E-state index is 0.0496. The summed E-state index contributed by atoms with van der Waals surface area (Å²) in [5, 5.41) is 0. The van der Waals surface area contributed by atoms with Gasteiger partial charge in [0, 0.05) is 17.6 Å². The number of amides is 1. The zero-order chi connectivity index (χ0) is 11.8. The molecule has 17 heavy (non-hydrogen) atoms. The van der Waals surface area contributed by atoms with Crippen molar-refractivity contribution in [2.45, 2.75) is 37.6 Å². The standard InChI is InChI=1S/C14H16ClNO/c15-9-14(17)16-12-7-3-1-5-10(12)11-6-2-4-8-13(11)16/h1,3,5,7,11,13H,2,4,6,8-9H2. The lowest BCUT2D eigenvalue weighted by Gasteiger charge is -2.31. The molecule has 90 valence electrons. The molecule has 1 aliphatic heterocycles. The largest absolute Gasteiger partial charge is 0.307 e. The second-order valence-corrected chi connectivity index (χ2v) is 5.18. The molecule has 0 bridgehead atoms. The van der Waals surface area contributed by atoms with E-state index in [9.17, 15) is 4.79 Å². The number of anilines is 1. The molecule has 1 heterocycles. The van der Waals surface area contributed by atoms with Gasteiger partial charge in [0.1, 0.15) is 5.88 Å². The van der Waals surface area contributed by atoms with E-state index < -0.39 is 0 Å². The fourth-order valence-electron chi connectivity index (χ4n) is 3.37. The molecule has 1 fully saturated rings. The molecule has 1 aromatic rings. The molecule has 2 unspecified atom stereocenters. The SMILES string of the molecule is O=C(CCl)N1c2ccccc2C2CCCCC21. The van der Waals surface area contributed by atoms with Crippen LogP contribution in [0.5, 0.6) is 0 Å². The van der Waals surface area contributed by atoms with Crippen LogP contribution in [0.15, 0.2) is 24.3 Å². The van der Waals surface area contributed by atoms with Crippen LogP contribution in [0.25, 0.3) is 0 Å². The molecule has 2 aliphatic rings. The molecule has 0 N–H and O–H groups in total. The highest BCUT2D eigenvalue weighted by atomic mass is 35.5. The van der Waals surface area contributed by atoms with E-state index in [1.54, 1.807) is 0 Å². The number of nitrogens with zero attached hydrogens (tertiary/aromatic N) is 1. The molecule has 2 nitrogen and oxygen atoms in total. The van der Waals surface area contributed by atoms with Crippen LogP contribution >= 0.6 is 11.6 Å². The Kier molecular flexibility index (Phi) is 2.83. The topological polar surface area (TPSA) is 20.3 Å². The number of para-hydroxylation sites is 1. The molecule has 0 radical (unpaired) electrons. The Balaban J connectivity index is 2.05. The second-order valence-electron chi connectivity index (χ2n) is 4.91. The molecule has 0 aromatic heterocycles. The van der Waals surface area contributed by atoms with Crippen molar-refractivity contribution < 1.29 is 4.79 Å². The quantitative estimate of drug-likeness (QED) is 0.700. The highest BCUT2D eigenvalue weighted by Crippen LogP contribution is 2.47. The predicted molar refractivity (Wildman–Crippen MR) is 69.6 cm³/mol. The van der Waals surface area contributed by atoms with E-state index in [4.69, 9.17) is 11.6 Å². The van der Waals surface area contributed by atoms with Crippen LogP contribution in [-0.2, 0) is 4.79 Å². The first-order valence-corrected chi connectivity index (χ1v) is 6.83. The van der Waals surface area contributed by atoms with Crippen LogP contribution in [0.3, 0.4) is 0 Å². The van der Waals surface area contributed by atoms with Crippen LogP contribution in [0, 0.1) is 0 Å².